The Bertz CT molecular complexity index is 406. The van der Waals surface area contributed by atoms with E-state index in [2.05, 4.69) is 10.4 Å². The first kappa shape index (κ1) is 13.3. The maximum Gasteiger partial charge on any atom is 0.248 e. The van der Waals surface area contributed by atoms with Gasteiger partial charge in [-0.1, -0.05) is 0 Å². The van der Waals surface area contributed by atoms with Gasteiger partial charge in [-0.3, -0.25) is 0 Å². The number of halogens is 2. The molecule has 0 saturated heterocycles. The van der Waals surface area contributed by atoms with Crippen molar-refractivity contribution in [1.82, 2.24) is 15.1 Å². The predicted molar refractivity (Wildman–Crippen MR) is 63.8 cm³/mol. The van der Waals surface area contributed by atoms with Crippen LogP contribution in [0.25, 0.3) is 0 Å². The van der Waals surface area contributed by atoms with E-state index < -0.39 is 5.92 Å². The quantitative estimate of drug-likeness (QED) is 0.878. The third kappa shape index (κ3) is 3.19. The van der Waals surface area contributed by atoms with Crippen LogP contribution in [0.1, 0.15) is 25.0 Å². The van der Waals surface area contributed by atoms with Crippen molar-refractivity contribution in [3.63, 3.8) is 0 Å². The van der Waals surface area contributed by atoms with Gasteiger partial charge in [-0.25, -0.2) is 13.5 Å². The van der Waals surface area contributed by atoms with Gasteiger partial charge in [-0.2, -0.15) is 5.10 Å². The van der Waals surface area contributed by atoms with Crippen LogP contribution in [0.3, 0.4) is 0 Å². The summed E-state index contributed by atoms with van der Waals surface area (Å²) >= 11 is 0. The molecule has 0 radical (unpaired) electrons. The van der Waals surface area contributed by atoms with Crippen molar-refractivity contribution >= 4 is 0 Å². The highest BCUT2D eigenvalue weighted by molar-refractivity contribution is 5.15. The summed E-state index contributed by atoms with van der Waals surface area (Å²) in [6.07, 6.45) is 0.633. The minimum absolute atomic E-state index is 0.00550. The highest BCUT2D eigenvalue weighted by atomic mass is 19.3. The number of hydrogen-bond donors (Lipinski definition) is 1. The molecule has 1 fully saturated rings. The average molecular weight is 259 g/mol. The molecule has 1 atom stereocenters. The second-order valence-electron chi connectivity index (χ2n) is 4.90. The molecular weight excluding hydrogens is 240 g/mol. The second kappa shape index (κ2) is 5.22. The maximum absolute atomic E-state index is 13.0. The molecule has 1 unspecified atom stereocenters. The van der Waals surface area contributed by atoms with Crippen LogP contribution in [-0.4, -0.2) is 29.4 Å². The summed E-state index contributed by atoms with van der Waals surface area (Å²) in [5.41, 5.74) is 0.860. The molecule has 0 aromatic carbocycles. The van der Waals surface area contributed by atoms with Crippen LogP contribution in [0.5, 0.6) is 5.88 Å². The van der Waals surface area contributed by atoms with Crippen LogP contribution in [0.15, 0.2) is 6.07 Å². The standard InChI is InChI=1S/C12H19F2N3O/c1-17-11(18-2)5-10(16-17)8-15-7-9-3-4-12(13,14)6-9/h5,9,15H,3-4,6-8H2,1-2H3. The number of aryl methyl sites for hydroxylation is 1. The zero-order valence-corrected chi connectivity index (χ0v) is 10.7. The van der Waals surface area contributed by atoms with E-state index in [0.29, 0.717) is 25.4 Å². The molecule has 1 N–H and O–H groups in total. The molecule has 1 aliphatic rings. The van der Waals surface area contributed by atoms with Crippen LogP contribution in [-0.2, 0) is 13.6 Å². The summed E-state index contributed by atoms with van der Waals surface area (Å²) in [5, 5.41) is 7.44. The number of rotatable bonds is 5. The van der Waals surface area contributed by atoms with Crippen molar-refractivity contribution < 1.29 is 13.5 Å². The smallest absolute Gasteiger partial charge is 0.248 e. The summed E-state index contributed by atoms with van der Waals surface area (Å²) in [6.45, 7) is 1.20. The average Bonchev–Trinajstić information content (AvgIpc) is 2.82. The monoisotopic (exact) mass is 259 g/mol. The molecule has 1 heterocycles. The lowest BCUT2D eigenvalue weighted by atomic mass is 10.1. The summed E-state index contributed by atoms with van der Waals surface area (Å²) in [4.78, 5) is 0. The van der Waals surface area contributed by atoms with Crippen molar-refractivity contribution in [2.75, 3.05) is 13.7 Å². The minimum Gasteiger partial charge on any atom is -0.481 e. The van der Waals surface area contributed by atoms with Gasteiger partial charge in [0.2, 0.25) is 11.8 Å². The first-order valence-corrected chi connectivity index (χ1v) is 6.15. The fourth-order valence-electron chi connectivity index (χ4n) is 2.40. The highest BCUT2D eigenvalue weighted by Crippen LogP contribution is 2.38. The van der Waals surface area contributed by atoms with Gasteiger partial charge in [0.05, 0.1) is 12.8 Å². The SMILES string of the molecule is COc1cc(CNCC2CCC(F)(F)C2)nn1C. The number of ether oxygens (including phenoxy) is 1. The van der Waals surface area contributed by atoms with Crippen LogP contribution in [0.4, 0.5) is 8.78 Å². The van der Waals surface area contributed by atoms with Crippen molar-refractivity contribution in [3.8, 4) is 5.88 Å². The Morgan fingerprint density at radius 1 is 1.61 bits per heavy atom. The lowest BCUT2D eigenvalue weighted by Crippen LogP contribution is -2.22. The van der Waals surface area contributed by atoms with Gasteiger partial charge >= 0.3 is 0 Å². The molecule has 4 nitrogen and oxygen atoms in total. The highest BCUT2D eigenvalue weighted by Gasteiger charge is 2.38. The number of hydrogen-bond acceptors (Lipinski definition) is 3. The Kier molecular flexibility index (Phi) is 3.85. The van der Waals surface area contributed by atoms with E-state index in [1.807, 2.05) is 6.07 Å². The summed E-state index contributed by atoms with van der Waals surface area (Å²) in [6, 6.07) is 1.84. The minimum atomic E-state index is -2.46. The van der Waals surface area contributed by atoms with Crippen LogP contribution < -0.4 is 10.1 Å². The van der Waals surface area contributed by atoms with Gasteiger partial charge in [0.25, 0.3) is 0 Å². The van der Waals surface area contributed by atoms with Gasteiger partial charge in [0.1, 0.15) is 0 Å². The molecule has 0 bridgehead atoms. The van der Waals surface area contributed by atoms with Crippen LogP contribution in [0.2, 0.25) is 0 Å². The van der Waals surface area contributed by atoms with Gasteiger partial charge in [-0.05, 0) is 18.9 Å². The number of nitrogens with zero attached hydrogens (tertiary/aromatic N) is 2. The van der Waals surface area contributed by atoms with Crippen molar-refractivity contribution in [1.29, 1.82) is 0 Å². The fourth-order valence-corrected chi connectivity index (χ4v) is 2.40. The molecule has 0 spiro atoms. The first-order valence-electron chi connectivity index (χ1n) is 6.15. The van der Waals surface area contributed by atoms with Crippen molar-refractivity contribution in [2.45, 2.75) is 31.7 Å². The summed E-state index contributed by atoms with van der Waals surface area (Å²) in [5.74, 6) is -1.69. The van der Waals surface area contributed by atoms with E-state index in [9.17, 15) is 8.78 Å². The Morgan fingerprint density at radius 3 is 2.94 bits per heavy atom. The van der Waals surface area contributed by atoms with Gasteiger partial charge in [-0.15, -0.1) is 0 Å². The van der Waals surface area contributed by atoms with Crippen molar-refractivity contribution in [2.24, 2.45) is 13.0 Å². The molecule has 1 aromatic rings. The van der Waals surface area contributed by atoms with Gasteiger partial charge in [0.15, 0.2) is 0 Å². The largest absolute Gasteiger partial charge is 0.481 e. The Morgan fingerprint density at radius 2 is 2.39 bits per heavy atom. The normalized spacial score (nSPS) is 22.3. The number of alkyl halides is 2. The number of aromatic nitrogens is 2. The zero-order chi connectivity index (χ0) is 13.2. The Labute approximate surface area is 105 Å². The molecular formula is C12H19F2N3O. The molecule has 18 heavy (non-hydrogen) atoms. The Balaban J connectivity index is 1.75. The molecule has 1 aliphatic carbocycles. The van der Waals surface area contributed by atoms with Crippen LogP contribution in [0, 0.1) is 5.92 Å². The molecule has 1 aromatic heterocycles. The molecule has 1 saturated carbocycles. The molecule has 102 valence electrons. The van der Waals surface area contributed by atoms with Crippen LogP contribution >= 0.6 is 0 Å². The third-order valence-electron chi connectivity index (χ3n) is 3.34. The van der Waals surface area contributed by atoms with E-state index in [-0.39, 0.29) is 18.8 Å². The number of methoxy groups -OCH3 is 1. The fraction of sp³-hybridized carbons (Fsp3) is 0.750. The van der Waals surface area contributed by atoms with Crippen molar-refractivity contribution in [3.05, 3.63) is 11.8 Å². The van der Waals surface area contributed by atoms with E-state index in [4.69, 9.17) is 4.74 Å². The molecule has 0 aliphatic heterocycles. The van der Waals surface area contributed by atoms with Gasteiger partial charge < -0.3 is 10.1 Å². The maximum atomic E-state index is 13.0. The molecule has 6 heteroatoms. The Hall–Kier alpha value is -1.17. The third-order valence-corrected chi connectivity index (χ3v) is 3.34. The number of nitrogens with one attached hydrogen (secondary N) is 1. The summed E-state index contributed by atoms with van der Waals surface area (Å²) < 4.78 is 32.7. The lowest BCUT2D eigenvalue weighted by molar-refractivity contribution is 0.00508. The topological polar surface area (TPSA) is 39.1 Å². The lowest BCUT2D eigenvalue weighted by Gasteiger charge is -2.10. The van der Waals surface area contributed by atoms with E-state index in [1.165, 1.54) is 0 Å². The first-order chi connectivity index (χ1) is 8.50. The zero-order valence-electron chi connectivity index (χ0n) is 10.7. The van der Waals surface area contributed by atoms with E-state index >= 15 is 0 Å². The molecule has 0 amide bonds. The van der Waals surface area contributed by atoms with Gasteiger partial charge in [0, 0.05) is 32.5 Å². The summed E-state index contributed by atoms with van der Waals surface area (Å²) in [7, 11) is 3.40. The van der Waals surface area contributed by atoms with E-state index in [1.54, 1.807) is 18.8 Å². The second-order valence-corrected chi connectivity index (χ2v) is 4.90. The molecule has 2 rings (SSSR count). The predicted octanol–water partition coefficient (Wildman–Crippen LogP) is 1.95. The van der Waals surface area contributed by atoms with E-state index in [0.717, 1.165) is 5.69 Å².